The molecular formula is C6H5ClN2O2. The van der Waals surface area contributed by atoms with Crippen molar-refractivity contribution < 1.29 is 9.04 Å². The summed E-state index contributed by atoms with van der Waals surface area (Å²) in [6.45, 7) is 0. The lowest BCUT2D eigenvalue weighted by Crippen LogP contribution is -1.94. The number of nitrogens with two attached hydrogens (primary N) is 1. The zero-order chi connectivity index (χ0) is 11.0. The lowest BCUT2D eigenvalue weighted by molar-refractivity contribution is -0.383. The predicted molar refractivity (Wildman–Crippen MR) is 42.5 cm³/mol. The van der Waals surface area contributed by atoms with Crippen LogP contribution >= 0.6 is 11.6 Å². The van der Waals surface area contributed by atoms with E-state index >= 15 is 0 Å². The molecule has 2 N–H and O–H groups in total. The maximum atomic E-state index is 10.5. The fourth-order valence-electron chi connectivity index (χ4n) is 0.528. The Hall–Kier alpha value is -1.29. The van der Waals surface area contributed by atoms with Gasteiger partial charge in [0.2, 0.25) is 0 Å². The molecule has 0 aromatic heterocycles. The van der Waals surface area contributed by atoms with Crippen molar-refractivity contribution in [1.29, 1.82) is 0 Å². The van der Waals surface area contributed by atoms with Crippen LogP contribution in [0.15, 0.2) is 18.1 Å². The molecule has 0 unspecified atom stereocenters. The van der Waals surface area contributed by atoms with E-state index in [0.29, 0.717) is 0 Å². The Morgan fingerprint density at radius 1 is 1.73 bits per heavy atom. The summed E-state index contributed by atoms with van der Waals surface area (Å²) < 4.78 is 21.7. The van der Waals surface area contributed by atoms with Gasteiger partial charge in [-0.15, -0.1) is 0 Å². The Morgan fingerprint density at radius 2 is 2.36 bits per heavy atom. The summed E-state index contributed by atoms with van der Waals surface area (Å²) in [5.41, 5.74) is 4.00. The second-order valence-corrected chi connectivity index (χ2v) is 2.09. The van der Waals surface area contributed by atoms with Crippen LogP contribution in [0.3, 0.4) is 0 Å². The fourth-order valence-corrected chi connectivity index (χ4v) is 0.665. The fraction of sp³-hybridized carbons (Fsp3) is 0. The first kappa shape index (κ1) is 4.56. The van der Waals surface area contributed by atoms with Crippen molar-refractivity contribution in [3.05, 3.63) is 33.3 Å². The number of hydrogen-bond donors (Lipinski definition) is 1. The Bertz CT molecular complexity index is 395. The van der Waals surface area contributed by atoms with E-state index in [-0.39, 0.29) is 0 Å². The molecule has 0 saturated heterocycles. The second kappa shape index (κ2) is 2.75. The molecule has 0 fully saturated rings. The topological polar surface area (TPSA) is 69.2 Å². The normalized spacial score (nSPS) is 13.4. The molecule has 0 aliphatic heterocycles. The van der Waals surface area contributed by atoms with Crippen LogP contribution < -0.4 is 5.73 Å². The van der Waals surface area contributed by atoms with E-state index in [1.54, 1.807) is 0 Å². The summed E-state index contributed by atoms with van der Waals surface area (Å²) in [5, 5.41) is 10.0. The highest BCUT2D eigenvalue weighted by molar-refractivity contribution is 6.30. The number of nitro groups is 1. The number of benzene rings is 1. The zero-order valence-electron chi connectivity index (χ0n) is 8.22. The van der Waals surface area contributed by atoms with Crippen LogP contribution in [0.25, 0.3) is 0 Å². The van der Waals surface area contributed by atoms with E-state index in [2.05, 4.69) is 0 Å². The Balaban J connectivity index is 3.68. The first-order valence-corrected chi connectivity index (χ1v) is 2.94. The predicted octanol–water partition coefficient (Wildman–Crippen LogP) is 1.83. The van der Waals surface area contributed by atoms with Crippen molar-refractivity contribution in [1.82, 2.24) is 0 Å². The van der Waals surface area contributed by atoms with E-state index in [4.69, 9.17) is 21.4 Å². The van der Waals surface area contributed by atoms with Crippen LogP contribution in [0.2, 0.25) is 5.02 Å². The number of halogens is 1. The first-order valence-electron chi connectivity index (χ1n) is 4.07. The van der Waals surface area contributed by atoms with Crippen molar-refractivity contribution >= 4 is 23.0 Å². The molecule has 1 aromatic rings. The molecule has 4 nitrogen and oxygen atoms in total. The SMILES string of the molecule is [2H]c1c([2H])c(Cl)c([2H])c([N+](=O)[O-])c1N. The smallest absolute Gasteiger partial charge is 0.293 e. The third kappa shape index (κ3) is 1.59. The molecule has 11 heavy (non-hydrogen) atoms. The maximum Gasteiger partial charge on any atom is 0.293 e. The number of nitro benzene ring substituents is 1. The largest absolute Gasteiger partial charge is 0.393 e. The molecule has 0 saturated carbocycles. The van der Waals surface area contributed by atoms with Crippen molar-refractivity contribution in [2.24, 2.45) is 0 Å². The zero-order valence-corrected chi connectivity index (χ0v) is 5.97. The Morgan fingerprint density at radius 3 is 2.91 bits per heavy atom. The average molecular weight is 176 g/mol. The number of anilines is 1. The molecule has 0 atom stereocenters. The maximum absolute atomic E-state index is 10.5. The lowest BCUT2D eigenvalue weighted by atomic mass is 10.3. The minimum Gasteiger partial charge on any atom is -0.393 e. The second-order valence-electron chi connectivity index (χ2n) is 1.71. The molecule has 0 bridgehead atoms. The summed E-state index contributed by atoms with van der Waals surface area (Å²) in [4.78, 5) is 9.57. The highest BCUT2D eigenvalue weighted by Crippen LogP contribution is 2.24. The van der Waals surface area contributed by atoms with Gasteiger partial charge >= 0.3 is 0 Å². The Labute approximate surface area is 71.9 Å². The van der Waals surface area contributed by atoms with Crippen LogP contribution in [0, 0.1) is 10.1 Å². The van der Waals surface area contributed by atoms with Crippen molar-refractivity contribution in [2.45, 2.75) is 0 Å². The van der Waals surface area contributed by atoms with E-state index in [0.717, 1.165) is 0 Å². The van der Waals surface area contributed by atoms with Crippen molar-refractivity contribution in [2.75, 3.05) is 5.73 Å². The van der Waals surface area contributed by atoms with Gasteiger partial charge in [0, 0.05) is 11.1 Å². The number of nitrogen functional groups attached to an aromatic ring is 1. The average Bonchev–Trinajstić information content (AvgIpc) is 2.11. The van der Waals surface area contributed by atoms with Crippen LogP contribution in [-0.4, -0.2) is 4.92 Å². The highest BCUT2D eigenvalue weighted by Gasteiger charge is 2.10. The number of rotatable bonds is 1. The summed E-state index contributed by atoms with van der Waals surface area (Å²) >= 11 is 5.45. The first-order chi connectivity index (χ1) is 6.37. The molecule has 0 radical (unpaired) electrons. The summed E-state index contributed by atoms with van der Waals surface area (Å²) in [5.74, 6) is 0. The van der Waals surface area contributed by atoms with E-state index in [1.807, 2.05) is 0 Å². The van der Waals surface area contributed by atoms with Crippen LogP contribution in [0.4, 0.5) is 11.4 Å². The standard InChI is InChI=1S/C6H5ClN2O2/c7-4-1-2-5(8)6(3-4)9(10)11/h1-3H,8H2/i1D,2D,3D. The minimum absolute atomic E-state index is 0.434. The molecule has 0 aliphatic rings. The lowest BCUT2D eigenvalue weighted by Gasteiger charge is -1.95. The molecule has 0 spiro atoms. The Kier molecular flexibility index (Phi) is 1.14. The van der Waals surface area contributed by atoms with Crippen LogP contribution in [0.5, 0.6) is 0 Å². The minimum atomic E-state index is -0.888. The molecule has 1 aromatic carbocycles. The quantitative estimate of drug-likeness (QED) is 0.402. The van der Waals surface area contributed by atoms with Gasteiger partial charge in [0.25, 0.3) is 5.69 Å². The summed E-state index contributed by atoms with van der Waals surface area (Å²) in [6.07, 6.45) is 0. The summed E-state index contributed by atoms with van der Waals surface area (Å²) in [7, 11) is 0. The summed E-state index contributed by atoms with van der Waals surface area (Å²) in [6, 6.07) is -1.63. The van der Waals surface area contributed by atoms with E-state index in [9.17, 15) is 10.1 Å². The molecule has 0 amide bonds. The molecule has 1 rings (SSSR count). The molecule has 5 heteroatoms. The molecule has 0 aliphatic carbocycles. The molecule has 58 valence electrons. The third-order valence-corrected chi connectivity index (χ3v) is 1.16. The van der Waals surface area contributed by atoms with E-state index < -0.39 is 39.4 Å². The number of hydrogen-bond acceptors (Lipinski definition) is 3. The van der Waals surface area contributed by atoms with Gasteiger partial charge in [-0.25, -0.2) is 0 Å². The van der Waals surface area contributed by atoms with Crippen molar-refractivity contribution in [3.63, 3.8) is 0 Å². The van der Waals surface area contributed by atoms with Gasteiger partial charge in [-0.3, -0.25) is 10.1 Å². The monoisotopic (exact) mass is 175 g/mol. The van der Waals surface area contributed by atoms with Gasteiger partial charge < -0.3 is 5.73 Å². The van der Waals surface area contributed by atoms with Gasteiger partial charge in [0.15, 0.2) is 0 Å². The van der Waals surface area contributed by atoms with Gasteiger partial charge in [0.05, 0.1) is 9.04 Å². The van der Waals surface area contributed by atoms with Crippen LogP contribution in [0.1, 0.15) is 4.11 Å². The molecular weight excluding hydrogens is 168 g/mol. The van der Waals surface area contributed by atoms with Gasteiger partial charge in [-0.05, 0) is 12.1 Å². The van der Waals surface area contributed by atoms with Crippen molar-refractivity contribution in [3.8, 4) is 0 Å². The van der Waals surface area contributed by atoms with Crippen LogP contribution in [-0.2, 0) is 0 Å². The van der Waals surface area contributed by atoms with Gasteiger partial charge in [-0.2, -0.15) is 0 Å². The van der Waals surface area contributed by atoms with E-state index in [1.165, 1.54) is 0 Å². The third-order valence-electron chi connectivity index (χ3n) is 0.973. The van der Waals surface area contributed by atoms with Gasteiger partial charge in [0.1, 0.15) is 5.69 Å². The van der Waals surface area contributed by atoms with Gasteiger partial charge in [-0.1, -0.05) is 11.6 Å². The number of nitrogens with zero attached hydrogens (tertiary/aromatic N) is 1. The molecule has 0 heterocycles. The highest BCUT2D eigenvalue weighted by atomic mass is 35.5.